The van der Waals surface area contributed by atoms with E-state index in [0.717, 1.165) is 24.1 Å². The Bertz CT molecular complexity index is 910. The highest BCUT2D eigenvalue weighted by Gasteiger charge is 2.17. The molecule has 0 atom stereocenters. The highest BCUT2D eigenvalue weighted by molar-refractivity contribution is 6.31. The quantitative estimate of drug-likeness (QED) is 0.439. The molecule has 0 N–H and O–H groups in total. The Hall–Kier alpha value is -2.65. The lowest BCUT2D eigenvalue weighted by Gasteiger charge is -2.23. The molecular formula is C25H27ClN2O. The first-order valence-electron chi connectivity index (χ1n) is 10.2. The van der Waals surface area contributed by atoms with Gasteiger partial charge in [-0.15, -0.1) is 0 Å². The van der Waals surface area contributed by atoms with Gasteiger partial charge in [0, 0.05) is 42.0 Å². The minimum Gasteiger partial charge on any atom is -0.334 e. The smallest absolute Gasteiger partial charge is 0.254 e. The lowest BCUT2D eigenvalue weighted by atomic mass is 10.1. The van der Waals surface area contributed by atoms with Crippen molar-refractivity contribution in [3.8, 4) is 0 Å². The third-order valence-electron chi connectivity index (χ3n) is 4.99. The average Bonchev–Trinajstić information content (AvgIpc) is 2.77. The molecule has 4 heteroatoms. The molecule has 1 aromatic heterocycles. The van der Waals surface area contributed by atoms with Crippen LogP contribution in [0.5, 0.6) is 0 Å². The van der Waals surface area contributed by atoms with E-state index < -0.39 is 0 Å². The van der Waals surface area contributed by atoms with Crippen LogP contribution in [0.4, 0.5) is 0 Å². The van der Waals surface area contributed by atoms with Crippen molar-refractivity contribution in [3.63, 3.8) is 0 Å². The van der Waals surface area contributed by atoms with Crippen LogP contribution in [0.15, 0.2) is 72.9 Å². The second kappa shape index (κ2) is 10.8. The van der Waals surface area contributed by atoms with Crippen molar-refractivity contribution in [3.05, 3.63) is 100 Å². The molecule has 3 rings (SSSR count). The van der Waals surface area contributed by atoms with Gasteiger partial charge in [-0.1, -0.05) is 61.3 Å². The van der Waals surface area contributed by atoms with Crippen LogP contribution in [0.25, 0.3) is 0 Å². The van der Waals surface area contributed by atoms with Crippen LogP contribution in [-0.4, -0.2) is 22.3 Å². The molecule has 1 amide bonds. The van der Waals surface area contributed by atoms with Gasteiger partial charge in [0.15, 0.2) is 0 Å². The summed E-state index contributed by atoms with van der Waals surface area (Å²) in [6, 6.07) is 21.5. The summed E-state index contributed by atoms with van der Waals surface area (Å²) in [6.45, 7) is 3.24. The lowest BCUT2D eigenvalue weighted by Crippen LogP contribution is -2.32. The van der Waals surface area contributed by atoms with Gasteiger partial charge in [0.25, 0.3) is 5.91 Å². The topological polar surface area (TPSA) is 33.2 Å². The molecule has 0 spiro atoms. The third kappa shape index (κ3) is 6.16. The van der Waals surface area contributed by atoms with E-state index in [1.807, 2.05) is 59.5 Å². The van der Waals surface area contributed by atoms with E-state index in [0.29, 0.717) is 30.1 Å². The Morgan fingerprint density at radius 3 is 2.41 bits per heavy atom. The summed E-state index contributed by atoms with van der Waals surface area (Å²) in [4.78, 5) is 19.5. The first kappa shape index (κ1) is 21.1. The zero-order chi connectivity index (χ0) is 20.5. The van der Waals surface area contributed by atoms with E-state index in [4.69, 9.17) is 11.6 Å². The Labute approximate surface area is 178 Å². The van der Waals surface area contributed by atoms with Gasteiger partial charge in [0.2, 0.25) is 0 Å². The summed E-state index contributed by atoms with van der Waals surface area (Å²) < 4.78 is 0. The number of hydrogen-bond donors (Lipinski definition) is 0. The fourth-order valence-corrected chi connectivity index (χ4v) is 3.45. The number of rotatable bonds is 9. The number of aryl methyl sites for hydroxylation is 1. The number of unbranched alkanes of at least 4 members (excludes halogenated alkanes) is 1. The minimum atomic E-state index is 0.0166. The summed E-state index contributed by atoms with van der Waals surface area (Å²) in [7, 11) is 0. The molecule has 0 radical (unpaired) electrons. The fourth-order valence-electron chi connectivity index (χ4n) is 3.26. The predicted octanol–water partition coefficient (Wildman–Crippen LogP) is 5.96. The summed E-state index contributed by atoms with van der Waals surface area (Å²) in [6.07, 6.45) is 5.86. The molecule has 3 aromatic rings. The number of benzene rings is 2. The molecule has 3 nitrogen and oxygen atoms in total. The number of nitrogens with zero attached hydrogens (tertiary/aromatic N) is 2. The summed E-state index contributed by atoms with van der Waals surface area (Å²) in [5, 5.41) is 0.679. The molecule has 0 aliphatic heterocycles. The molecular weight excluding hydrogens is 380 g/mol. The first-order chi connectivity index (χ1) is 14.2. The number of amides is 1. The van der Waals surface area contributed by atoms with Crippen LogP contribution in [0, 0.1) is 0 Å². The zero-order valence-corrected chi connectivity index (χ0v) is 17.6. The summed E-state index contributed by atoms with van der Waals surface area (Å²) in [5.41, 5.74) is 3.90. The normalized spacial score (nSPS) is 10.7. The van der Waals surface area contributed by atoms with E-state index in [2.05, 4.69) is 24.0 Å². The van der Waals surface area contributed by atoms with Crippen molar-refractivity contribution in [1.82, 2.24) is 9.88 Å². The van der Waals surface area contributed by atoms with E-state index in [9.17, 15) is 4.79 Å². The standard InChI is InChI=1S/C25H27ClN2O/c1-2-3-8-20-12-14-21(15-13-20)25(29)28(18-16-23-10-6-7-17-27-23)19-22-9-4-5-11-24(22)26/h4-7,9-15,17H,2-3,8,16,18-19H2,1H3. The largest absolute Gasteiger partial charge is 0.334 e. The Kier molecular flexibility index (Phi) is 7.83. The minimum absolute atomic E-state index is 0.0166. The van der Waals surface area contributed by atoms with Gasteiger partial charge in [-0.05, 0) is 54.3 Å². The van der Waals surface area contributed by atoms with Crippen molar-refractivity contribution >= 4 is 17.5 Å². The van der Waals surface area contributed by atoms with Crippen molar-refractivity contribution in [2.75, 3.05) is 6.54 Å². The second-order valence-electron chi connectivity index (χ2n) is 7.19. The summed E-state index contributed by atoms with van der Waals surface area (Å²) >= 11 is 6.36. The van der Waals surface area contributed by atoms with Crippen molar-refractivity contribution in [2.24, 2.45) is 0 Å². The summed E-state index contributed by atoms with van der Waals surface area (Å²) in [5.74, 6) is 0.0166. The monoisotopic (exact) mass is 406 g/mol. The molecule has 0 aliphatic rings. The molecule has 29 heavy (non-hydrogen) atoms. The average molecular weight is 407 g/mol. The Balaban J connectivity index is 1.77. The highest BCUT2D eigenvalue weighted by atomic mass is 35.5. The number of pyridine rings is 1. The zero-order valence-electron chi connectivity index (χ0n) is 16.9. The van der Waals surface area contributed by atoms with Gasteiger partial charge in [0.1, 0.15) is 0 Å². The van der Waals surface area contributed by atoms with E-state index in [1.165, 1.54) is 12.0 Å². The van der Waals surface area contributed by atoms with Gasteiger partial charge in [-0.3, -0.25) is 9.78 Å². The molecule has 0 saturated carbocycles. The van der Waals surface area contributed by atoms with Gasteiger partial charge >= 0.3 is 0 Å². The van der Waals surface area contributed by atoms with E-state index >= 15 is 0 Å². The number of carbonyl (C=O) groups excluding carboxylic acids is 1. The van der Waals surface area contributed by atoms with E-state index in [-0.39, 0.29) is 5.91 Å². The van der Waals surface area contributed by atoms with Crippen LogP contribution >= 0.6 is 11.6 Å². The lowest BCUT2D eigenvalue weighted by molar-refractivity contribution is 0.0745. The van der Waals surface area contributed by atoms with Crippen LogP contribution in [0.1, 0.15) is 46.9 Å². The highest BCUT2D eigenvalue weighted by Crippen LogP contribution is 2.19. The fraction of sp³-hybridized carbons (Fsp3) is 0.280. The van der Waals surface area contributed by atoms with Gasteiger partial charge in [-0.2, -0.15) is 0 Å². The molecule has 0 unspecified atom stereocenters. The molecule has 0 aliphatic carbocycles. The SMILES string of the molecule is CCCCc1ccc(C(=O)N(CCc2ccccn2)Cc2ccccc2Cl)cc1. The number of hydrogen-bond acceptors (Lipinski definition) is 2. The van der Waals surface area contributed by atoms with Gasteiger partial charge in [0.05, 0.1) is 0 Å². The molecule has 1 heterocycles. The van der Waals surface area contributed by atoms with Gasteiger partial charge < -0.3 is 4.90 Å². The van der Waals surface area contributed by atoms with Crippen LogP contribution in [0.3, 0.4) is 0 Å². The van der Waals surface area contributed by atoms with Crippen LogP contribution in [0.2, 0.25) is 5.02 Å². The Morgan fingerprint density at radius 1 is 0.966 bits per heavy atom. The number of carbonyl (C=O) groups is 1. The molecule has 0 fully saturated rings. The molecule has 150 valence electrons. The maximum absolute atomic E-state index is 13.3. The van der Waals surface area contributed by atoms with E-state index in [1.54, 1.807) is 6.20 Å². The maximum Gasteiger partial charge on any atom is 0.254 e. The van der Waals surface area contributed by atoms with Crippen molar-refractivity contribution in [1.29, 1.82) is 0 Å². The maximum atomic E-state index is 13.3. The van der Waals surface area contributed by atoms with Crippen molar-refractivity contribution < 1.29 is 4.79 Å². The second-order valence-corrected chi connectivity index (χ2v) is 7.60. The number of halogens is 1. The van der Waals surface area contributed by atoms with Crippen molar-refractivity contribution in [2.45, 2.75) is 39.2 Å². The molecule has 0 bridgehead atoms. The van der Waals surface area contributed by atoms with Crippen LogP contribution in [-0.2, 0) is 19.4 Å². The van der Waals surface area contributed by atoms with Gasteiger partial charge in [-0.25, -0.2) is 0 Å². The first-order valence-corrected chi connectivity index (χ1v) is 10.6. The Morgan fingerprint density at radius 2 is 1.72 bits per heavy atom. The molecule has 2 aromatic carbocycles. The number of aromatic nitrogens is 1. The molecule has 0 saturated heterocycles. The third-order valence-corrected chi connectivity index (χ3v) is 5.36. The predicted molar refractivity (Wildman–Crippen MR) is 119 cm³/mol. The van der Waals surface area contributed by atoms with Crippen LogP contribution < -0.4 is 0 Å².